The number of β-amino-alcohol motifs (C(OH)–C–C–N with tert-alkyl or cyclic N) is 2. The van der Waals surface area contributed by atoms with Gasteiger partial charge in [0.25, 0.3) is 0 Å². The topological polar surface area (TPSA) is 245 Å². The van der Waals surface area contributed by atoms with Crippen molar-refractivity contribution in [1.29, 1.82) is 0 Å². The molecule has 0 atom stereocenters. The van der Waals surface area contributed by atoms with E-state index >= 15 is 0 Å². The maximum atomic E-state index is 14.0. The number of hydrogen-bond acceptors (Lipinski definition) is 11. The van der Waals surface area contributed by atoms with E-state index in [1.165, 1.54) is 30.3 Å². The lowest BCUT2D eigenvalue weighted by Gasteiger charge is -2.38. The summed E-state index contributed by atoms with van der Waals surface area (Å²) in [6.45, 7) is -1.49. The van der Waals surface area contributed by atoms with E-state index in [-0.39, 0.29) is 63.7 Å². The van der Waals surface area contributed by atoms with E-state index in [9.17, 15) is 40.0 Å². The highest BCUT2D eigenvalue weighted by Crippen LogP contribution is 2.47. The zero-order chi connectivity index (χ0) is 32.4. The van der Waals surface area contributed by atoms with Gasteiger partial charge in [0.2, 0.25) is 30.1 Å². The summed E-state index contributed by atoms with van der Waals surface area (Å²) >= 11 is 0. The first-order valence-corrected chi connectivity index (χ1v) is 19.4. The fraction of sp³-hybridized carbons (Fsp3) is 0.360. The minimum absolute atomic E-state index is 0.0419. The molecule has 0 spiro atoms. The van der Waals surface area contributed by atoms with Crippen LogP contribution in [-0.4, -0.2) is 116 Å². The molecule has 4 aromatic carbocycles. The molecule has 16 nitrogen and oxygen atoms in total. The van der Waals surface area contributed by atoms with E-state index in [4.69, 9.17) is 15.5 Å². The Morgan fingerprint density at radius 2 is 1.00 bits per heavy atom. The molecule has 3 saturated heterocycles. The van der Waals surface area contributed by atoms with Gasteiger partial charge in [-0.25, -0.2) is 29.8 Å². The number of rotatable bonds is 8. The van der Waals surface area contributed by atoms with Crippen LogP contribution in [-0.2, 0) is 39.2 Å². The number of sulfonamides is 3. The van der Waals surface area contributed by atoms with Crippen molar-refractivity contribution < 1.29 is 54.3 Å². The fourth-order valence-electron chi connectivity index (χ4n) is 6.06. The van der Waals surface area contributed by atoms with Crippen molar-refractivity contribution in [2.45, 2.75) is 33.0 Å². The predicted octanol–water partition coefficient (Wildman–Crippen LogP) is -0.621. The van der Waals surface area contributed by atoms with Gasteiger partial charge in [0.05, 0.1) is 33.0 Å². The van der Waals surface area contributed by atoms with Gasteiger partial charge in [-0.3, -0.25) is 4.52 Å². The first kappa shape index (κ1) is 31.1. The monoisotopic (exact) mass is 702 g/mol. The minimum Gasteiger partial charge on any atom is -0.398 e. The first-order chi connectivity index (χ1) is 20.9. The van der Waals surface area contributed by atoms with Gasteiger partial charge in [-0.15, -0.1) is 0 Å². The maximum Gasteiger partial charge on any atom is 0.469 e. The molecule has 7 rings (SSSR count). The fourth-order valence-corrected chi connectivity index (χ4v) is 11.8. The third-order valence-corrected chi connectivity index (χ3v) is 14.6. The maximum absolute atomic E-state index is 14.0. The predicted molar refractivity (Wildman–Crippen MR) is 160 cm³/mol. The Morgan fingerprint density at radius 3 is 1.40 bits per heavy atom. The number of nitrogens with two attached hydrogens (primary N) is 1. The van der Waals surface area contributed by atoms with Crippen LogP contribution in [0.15, 0.2) is 51.1 Å². The van der Waals surface area contributed by atoms with Crippen molar-refractivity contribution in [3.8, 4) is 0 Å². The van der Waals surface area contributed by atoms with Gasteiger partial charge in [-0.2, -0.15) is 12.9 Å². The highest BCUT2D eigenvalue weighted by molar-refractivity contribution is 7.90. The molecule has 3 fully saturated rings. The summed E-state index contributed by atoms with van der Waals surface area (Å²) in [7, 11) is -17.9. The Kier molecular flexibility index (Phi) is 6.90. The standard InChI is InChI=1S/C25H27N4O12PS3/c26-20-5-21(43(35,36)27-7-13(30)8-27)17-3-4-19-22(44(37,38)28-9-14(31)10-28)6-23(18-2-1-16(20)24(17)25(18)19)45(39,40)29-11-15(12-29)41-42(32,33)34/h1-6,13-15,30-31H,7-12,26H2,(H2,32,33,34). The molecule has 3 aliphatic rings. The van der Waals surface area contributed by atoms with Crippen LogP contribution in [0.4, 0.5) is 5.69 Å². The Morgan fingerprint density at radius 1 is 0.644 bits per heavy atom. The second-order valence-corrected chi connectivity index (χ2v) is 18.3. The number of nitrogens with zero attached hydrogens (tertiary/aromatic N) is 3. The summed E-state index contributed by atoms with van der Waals surface area (Å²) in [6.07, 6.45) is -2.83. The van der Waals surface area contributed by atoms with E-state index in [0.717, 1.165) is 19.0 Å². The van der Waals surface area contributed by atoms with E-state index in [0.29, 0.717) is 5.39 Å². The normalized spacial score (nSPS) is 20.6. The van der Waals surface area contributed by atoms with Gasteiger partial charge in [0.15, 0.2) is 0 Å². The molecule has 0 amide bonds. The van der Waals surface area contributed by atoms with Crippen LogP contribution >= 0.6 is 7.82 Å². The Labute approximate surface area is 256 Å². The number of nitrogen functional groups attached to an aromatic ring is 1. The van der Waals surface area contributed by atoms with Crippen LogP contribution in [0.3, 0.4) is 0 Å². The van der Waals surface area contributed by atoms with Crippen LogP contribution < -0.4 is 5.73 Å². The number of benzene rings is 4. The molecule has 45 heavy (non-hydrogen) atoms. The number of phosphoric acid groups is 1. The lowest BCUT2D eigenvalue weighted by Crippen LogP contribution is -2.54. The Hall–Kier alpha value is -2.52. The number of phosphoric ester groups is 1. The largest absolute Gasteiger partial charge is 0.469 e. The zero-order valence-corrected chi connectivity index (χ0v) is 26.4. The van der Waals surface area contributed by atoms with E-state index in [1.807, 2.05) is 0 Å². The van der Waals surface area contributed by atoms with Gasteiger partial charge in [-0.05, 0) is 12.1 Å². The van der Waals surface area contributed by atoms with Crippen molar-refractivity contribution >= 4 is 75.9 Å². The summed E-state index contributed by atoms with van der Waals surface area (Å²) in [5.74, 6) is 0. The number of anilines is 1. The average Bonchev–Trinajstić information content (AvgIpc) is 2.89. The molecule has 20 heteroatoms. The molecule has 0 aliphatic carbocycles. The SMILES string of the molecule is Nc1cc(S(=O)(=O)N2CC(O)C2)c2ccc3c(S(=O)(=O)N4CC(O)C4)cc(S(=O)(=O)N4CC(OP(=O)(O)O)C4)c4ccc1c2c34. The summed E-state index contributed by atoms with van der Waals surface area (Å²) in [4.78, 5) is 17.2. The molecule has 0 unspecified atom stereocenters. The second kappa shape index (κ2) is 9.99. The Bertz CT molecular complexity index is 2280. The lowest BCUT2D eigenvalue weighted by atomic mass is 9.93. The van der Waals surface area contributed by atoms with E-state index in [2.05, 4.69) is 4.52 Å². The molecule has 0 radical (unpaired) electrons. The van der Waals surface area contributed by atoms with Crippen LogP contribution in [0, 0.1) is 0 Å². The highest BCUT2D eigenvalue weighted by atomic mass is 32.2. The Balaban J connectivity index is 1.50. The first-order valence-electron chi connectivity index (χ1n) is 13.5. The molecule has 0 aromatic heterocycles. The quantitative estimate of drug-likeness (QED) is 0.0874. The van der Waals surface area contributed by atoms with Gasteiger partial charge >= 0.3 is 7.82 Å². The molecule has 6 N–H and O–H groups in total. The van der Waals surface area contributed by atoms with Crippen molar-refractivity contribution in [2.75, 3.05) is 45.0 Å². The van der Waals surface area contributed by atoms with Gasteiger partial charge < -0.3 is 25.7 Å². The average molecular weight is 703 g/mol. The van der Waals surface area contributed by atoms with E-state index in [1.54, 1.807) is 0 Å². The second-order valence-electron chi connectivity index (χ2n) is 11.4. The smallest absolute Gasteiger partial charge is 0.398 e. The molecule has 0 bridgehead atoms. The third kappa shape index (κ3) is 4.77. The van der Waals surface area contributed by atoms with E-state index < -0.39 is 79.1 Å². The van der Waals surface area contributed by atoms with Crippen molar-refractivity contribution in [1.82, 2.24) is 12.9 Å². The van der Waals surface area contributed by atoms with Gasteiger partial charge in [0, 0.05) is 77.3 Å². The molecular weight excluding hydrogens is 675 g/mol. The van der Waals surface area contributed by atoms with Crippen LogP contribution in [0.25, 0.3) is 32.3 Å². The zero-order valence-electron chi connectivity index (χ0n) is 23.1. The van der Waals surface area contributed by atoms with Crippen molar-refractivity contribution in [3.63, 3.8) is 0 Å². The van der Waals surface area contributed by atoms with Crippen LogP contribution in [0.5, 0.6) is 0 Å². The number of aliphatic hydroxyl groups excluding tert-OH is 2. The summed E-state index contributed by atoms with van der Waals surface area (Å²) < 4.78 is 102. The molecule has 4 aromatic rings. The summed E-state index contributed by atoms with van der Waals surface area (Å²) in [6, 6.07) is 8.08. The minimum atomic E-state index is -4.90. The molecule has 242 valence electrons. The van der Waals surface area contributed by atoms with Crippen molar-refractivity contribution in [2.24, 2.45) is 0 Å². The van der Waals surface area contributed by atoms with Crippen LogP contribution in [0.2, 0.25) is 0 Å². The van der Waals surface area contributed by atoms with Gasteiger partial charge in [0.1, 0.15) is 0 Å². The molecular formula is C25H27N4O12PS3. The summed E-state index contributed by atoms with van der Waals surface area (Å²) in [5.41, 5.74) is 6.39. The summed E-state index contributed by atoms with van der Waals surface area (Å²) in [5, 5.41) is 20.6. The van der Waals surface area contributed by atoms with Crippen LogP contribution in [0.1, 0.15) is 0 Å². The van der Waals surface area contributed by atoms with Crippen molar-refractivity contribution in [3.05, 3.63) is 36.4 Å². The highest BCUT2D eigenvalue weighted by Gasteiger charge is 2.44. The third-order valence-electron chi connectivity index (χ3n) is 8.43. The lowest BCUT2D eigenvalue weighted by molar-refractivity contribution is 0.0467. The number of hydrogen-bond donors (Lipinski definition) is 5. The van der Waals surface area contributed by atoms with Gasteiger partial charge in [-0.1, -0.05) is 24.3 Å². The molecule has 0 saturated carbocycles. The molecule has 3 aliphatic heterocycles. The number of aliphatic hydroxyl groups is 2. The molecule has 3 heterocycles.